The molecule has 0 unspecified atom stereocenters. The summed E-state index contributed by atoms with van der Waals surface area (Å²) >= 11 is 0. The fourth-order valence-electron chi connectivity index (χ4n) is 3.17. The molecule has 0 bridgehead atoms. The van der Waals surface area contributed by atoms with Crippen LogP contribution in [-0.2, 0) is 0 Å². The zero-order valence-corrected chi connectivity index (χ0v) is 15.8. The van der Waals surface area contributed by atoms with Crippen molar-refractivity contribution in [3.05, 3.63) is 93.0 Å². The minimum atomic E-state index is -1.41. The van der Waals surface area contributed by atoms with Crippen molar-refractivity contribution >= 4 is 23.3 Å². The number of aromatic carboxylic acids is 1. The number of carbonyl (C=O) groups excluding carboxylic acids is 1. The molecule has 0 radical (unpaired) electrons. The van der Waals surface area contributed by atoms with Gasteiger partial charge in [0.1, 0.15) is 5.56 Å². The van der Waals surface area contributed by atoms with Crippen molar-refractivity contribution in [2.24, 2.45) is 0 Å². The number of benzene rings is 3. The number of aryl methyl sites for hydroxylation is 2. The molecule has 3 rings (SSSR count). The van der Waals surface area contributed by atoms with Crippen molar-refractivity contribution in [1.29, 1.82) is 0 Å². The molecule has 3 aromatic rings. The van der Waals surface area contributed by atoms with Crippen molar-refractivity contribution in [3.8, 4) is 11.1 Å². The molecule has 0 fully saturated rings. The van der Waals surface area contributed by atoms with Gasteiger partial charge in [-0.3, -0.25) is 14.9 Å². The third-order valence-electron chi connectivity index (χ3n) is 4.53. The Labute approximate surface area is 166 Å². The smallest absolute Gasteiger partial charge is 0.342 e. The maximum atomic E-state index is 12.9. The number of anilines is 1. The van der Waals surface area contributed by atoms with Crippen molar-refractivity contribution in [2.45, 2.75) is 13.8 Å². The van der Waals surface area contributed by atoms with E-state index in [0.29, 0.717) is 5.56 Å². The van der Waals surface area contributed by atoms with Crippen LogP contribution in [0, 0.1) is 24.0 Å². The van der Waals surface area contributed by atoms with E-state index in [-0.39, 0.29) is 5.69 Å². The molecule has 0 aromatic heterocycles. The second-order valence-corrected chi connectivity index (χ2v) is 6.61. The van der Waals surface area contributed by atoms with E-state index in [9.17, 15) is 19.7 Å². The van der Waals surface area contributed by atoms with Gasteiger partial charge in [0.05, 0.1) is 4.92 Å². The summed E-state index contributed by atoms with van der Waals surface area (Å²) in [6, 6.07) is 16.5. The molecule has 0 aliphatic carbocycles. The van der Waals surface area contributed by atoms with E-state index >= 15 is 0 Å². The van der Waals surface area contributed by atoms with Gasteiger partial charge in [0.15, 0.2) is 0 Å². The molecule has 0 aliphatic rings. The lowest BCUT2D eigenvalue weighted by Crippen LogP contribution is -2.14. The number of carbonyl (C=O) groups is 2. The van der Waals surface area contributed by atoms with Crippen LogP contribution in [0.4, 0.5) is 11.4 Å². The van der Waals surface area contributed by atoms with E-state index in [2.05, 4.69) is 5.32 Å². The van der Waals surface area contributed by atoms with Gasteiger partial charge < -0.3 is 10.4 Å². The van der Waals surface area contributed by atoms with Crippen LogP contribution in [-0.4, -0.2) is 21.9 Å². The number of amides is 1. The number of hydrogen-bond acceptors (Lipinski definition) is 4. The van der Waals surface area contributed by atoms with Crippen LogP contribution in [0.15, 0.2) is 60.7 Å². The SMILES string of the molecule is Cc1ccc(-c2ccccc2C(=O)Nc2ccc(C(=O)O)c([N+](=O)[O-])c2)c(C)c1. The molecule has 0 heterocycles. The number of hydrogen-bond donors (Lipinski definition) is 2. The largest absolute Gasteiger partial charge is 0.477 e. The highest BCUT2D eigenvalue weighted by Crippen LogP contribution is 2.29. The lowest BCUT2D eigenvalue weighted by Gasteiger charge is -2.13. The summed E-state index contributed by atoms with van der Waals surface area (Å²) in [5.74, 6) is -1.85. The van der Waals surface area contributed by atoms with Gasteiger partial charge >= 0.3 is 5.97 Å². The van der Waals surface area contributed by atoms with Crippen molar-refractivity contribution < 1.29 is 19.6 Å². The van der Waals surface area contributed by atoms with Gasteiger partial charge in [0, 0.05) is 17.3 Å². The Morgan fingerprint density at radius 3 is 2.31 bits per heavy atom. The third-order valence-corrected chi connectivity index (χ3v) is 4.53. The number of nitro benzene ring substituents is 1. The molecule has 1 amide bonds. The van der Waals surface area contributed by atoms with E-state index in [4.69, 9.17) is 5.11 Å². The van der Waals surface area contributed by atoms with Gasteiger partial charge in [-0.1, -0.05) is 42.0 Å². The summed E-state index contributed by atoms with van der Waals surface area (Å²) < 4.78 is 0. The highest BCUT2D eigenvalue weighted by atomic mass is 16.6. The van der Waals surface area contributed by atoms with E-state index in [1.165, 1.54) is 6.07 Å². The lowest BCUT2D eigenvalue weighted by molar-refractivity contribution is -0.385. The normalized spacial score (nSPS) is 10.4. The third kappa shape index (κ3) is 4.14. The standard InChI is InChI=1S/C22H18N2O5/c1-13-7-9-16(14(2)11-13)17-5-3-4-6-18(17)21(25)23-15-8-10-19(22(26)27)20(12-15)24(28)29/h3-12H,1-2H3,(H,23,25)(H,26,27). The molecule has 3 aromatic carbocycles. The summed E-state index contributed by atoms with van der Waals surface area (Å²) in [6.07, 6.45) is 0. The van der Waals surface area contributed by atoms with E-state index < -0.39 is 28.1 Å². The Morgan fingerprint density at radius 2 is 1.66 bits per heavy atom. The van der Waals surface area contributed by atoms with Crippen LogP contribution in [0.1, 0.15) is 31.8 Å². The van der Waals surface area contributed by atoms with E-state index in [1.54, 1.807) is 12.1 Å². The summed E-state index contributed by atoms with van der Waals surface area (Å²) in [5, 5.41) is 22.9. The predicted molar refractivity (Wildman–Crippen MR) is 109 cm³/mol. The molecule has 0 saturated heterocycles. The molecule has 7 heteroatoms. The Kier molecular flexibility index (Phi) is 5.40. The number of nitro groups is 1. The monoisotopic (exact) mass is 390 g/mol. The van der Waals surface area contributed by atoms with Crippen LogP contribution < -0.4 is 5.32 Å². The summed E-state index contributed by atoms with van der Waals surface area (Å²) in [7, 11) is 0. The van der Waals surface area contributed by atoms with Crippen LogP contribution >= 0.6 is 0 Å². The Bertz CT molecular complexity index is 1140. The van der Waals surface area contributed by atoms with Crippen molar-refractivity contribution in [3.63, 3.8) is 0 Å². The average molecular weight is 390 g/mol. The first kappa shape index (κ1) is 19.8. The Hall–Kier alpha value is -4.00. The van der Waals surface area contributed by atoms with Gasteiger partial charge in [0.2, 0.25) is 0 Å². The highest BCUT2D eigenvalue weighted by Gasteiger charge is 2.21. The molecule has 0 atom stereocenters. The first-order valence-electron chi connectivity index (χ1n) is 8.77. The lowest BCUT2D eigenvalue weighted by atomic mass is 9.94. The fourth-order valence-corrected chi connectivity index (χ4v) is 3.17. The summed E-state index contributed by atoms with van der Waals surface area (Å²) in [5.41, 5.74) is 3.30. The first-order valence-corrected chi connectivity index (χ1v) is 8.77. The first-order chi connectivity index (χ1) is 13.8. The topological polar surface area (TPSA) is 110 Å². The average Bonchev–Trinajstić information content (AvgIpc) is 2.67. The highest BCUT2D eigenvalue weighted by molar-refractivity contribution is 6.09. The quantitative estimate of drug-likeness (QED) is 0.479. The minimum absolute atomic E-state index is 0.141. The Balaban J connectivity index is 1.98. The number of rotatable bonds is 5. The van der Waals surface area contributed by atoms with Gasteiger partial charge in [-0.25, -0.2) is 4.79 Å². The van der Waals surface area contributed by atoms with Crippen molar-refractivity contribution in [1.82, 2.24) is 0 Å². The van der Waals surface area contributed by atoms with Crippen LogP contribution in [0.25, 0.3) is 11.1 Å². The molecule has 0 aliphatic heterocycles. The molecule has 29 heavy (non-hydrogen) atoms. The molecule has 0 saturated carbocycles. The molecule has 2 N–H and O–H groups in total. The second kappa shape index (κ2) is 7.93. The minimum Gasteiger partial charge on any atom is -0.477 e. The van der Waals surface area contributed by atoms with E-state index in [0.717, 1.165) is 34.4 Å². The summed E-state index contributed by atoms with van der Waals surface area (Å²) in [6.45, 7) is 3.95. The molecular formula is C22H18N2O5. The zero-order valence-electron chi connectivity index (χ0n) is 15.8. The maximum absolute atomic E-state index is 12.9. The van der Waals surface area contributed by atoms with E-state index in [1.807, 2.05) is 44.2 Å². The number of nitrogens with one attached hydrogen (secondary N) is 1. The maximum Gasteiger partial charge on any atom is 0.342 e. The molecular weight excluding hydrogens is 372 g/mol. The van der Waals surface area contributed by atoms with Crippen LogP contribution in [0.5, 0.6) is 0 Å². The van der Waals surface area contributed by atoms with Gasteiger partial charge in [-0.15, -0.1) is 0 Å². The number of carboxylic acids is 1. The van der Waals surface area contributed by atoms with Crippen molar-refractivity contribution in [2.75, 3.05) is 5.32 Å². The number of nitrogens with zero attached hydrogens (tertiary/aromatic N) is 1. The Morgan fingerprint density at radius 1 is 0.931 bits per heavy atom. The van der Waals surface area contributed by atoms with Crippen LogP contribution in [0.3, 0.4) is 0 Å². The molecule has 7 nitrogen and oxygen atoms in total. The van der Waals surface area contributed by atoms with Crippen LogP contribution in [0.2, 0.25) is 0 Å². The zero-order chi connectivity index (χ0) is 21.1. The van der Waals surface area contributed by atoms with Gasteiger partial charge in [-0.05, 0) is 48.7 Å². The summed E-state index contributed by atoms with van der Waals surface area (Å²) in [4.78, 5) is 34.4. The predicted octanol–water partition coefficient (Wildman–Crippen LogP) is 4.83. The van der Waals surface area contributed by atoms with Gasteiger partial charge in [-0.2, -0.15) is 0 Å². The second-order valence-electron chi connectivity index (χ2n) is 6.61. The molecule has 146 valence electrons. The van der Waals surface area contributed by atoms with Gasteiger partial charge in [0.25, 0.3) is 11.6 Å². The fraction of sp³-hybridized carbons (Fsp3) is 0.0909. The number of carboxylic acid groups (broad SMARTS) is 1. The molecule has 0 spiro atoms.